The first-order chi connectivity index (χ1) is 17.2. The van der Waals surface area contributed by atoms with Crippen LogP contribution in [-0.2, 0) is 9.53 Å². The monoisotopic (exact) mass is 482 g/mol. The number of carbonyl (C=O) groups excluding carboxylic acids is 2. The van der Waals surface area contributed by atoms with E-state index in [-0.39, 0.29) is 18.2 Å². The average Bonchev–Trinajstić information content (AvgIpc) is 2.93. The predicted octanol–water partition coefficient (Wildman–Crippen LogP) is 0.999. The number of ether oxygens (including phenoxy) is 2. The Balaban J connectivity index is 1.31. The quantitative estimate of drug-likeness (QED) is 0.523. The summed E-state index contributed by atoms with van der Waals surface area (Å²) >= 11 is 0. The van der Waals surface area contributed by atoms with E-state index in [1.807, 2.05) is 29.2 Å². The molecule has 0 unspecified atom stereocenters. The average molecular weight is 483 g/mol. The van der Waals surface area contributed by atoms with Crippen molar-refractivity contribution in [3.05, 3.63) is 48.5 Å². The minimum atomic E-state index is -0.194. The van der Waals surface area contributed by atoms with Crippen molar-refractivity contribution < 1.29 is 19.1 Å². The fourth-order valence-corrected chi connectivity index (χ4v) is 4.45. The van der Waals surface area contributed by atoms with Gasteiger partial charge in [-0.2, -0.15) is 0 Å². The van der Waals surface area contributed by atoms with E-state index in [0.717, 1.165) is 44.2 Å². The number of hydrogen-bond acceptors (Lipinski definition) is 8. The van der Waals surface area contributed by atoms with Gasteiger partial charge in [0.25, 0.3) is 5.91 Å². The van der Waals surface area contributed by atoms with Crippen LogP contribution in [0.2, 0.25) is 0 Å². The van der Waals surface area contributed by atoms with Gasteiger partial charge in [-0.25, -0.2) is 4.98 Å². The van der Waals surface area contributed by atoms with Gasteiger partial charge in [0.1, 0.15) is 11.4 Å². The molecule has 0 atom stereocenters. The molecule has 0 saturated carbocycles. The number of piperazine rings is 1. The first-order valence-electron chi connectivity index (χ1n) is 12.2. The minimum Gasteiger partial charge on any atom is -0.495 e. The third-order valence-electron chi connectivity index (χ3n) is 6.51. The van der Waals surface area contributed by atoms with Gasteiger partial charge in [-0.15, -0.1) is 0 Å². The van der Waals surface area contributed by atoms with Crippen molar-refractivity contribution in [3.8, 4) is 5.75 Å². The number of hydrogen-bond donors (Lipinski definition) is 0. The number of para-hydroxylation sites is 2. The largest absolute Gasteiger partial charge is 0.495 e. The number of rotatable bonds is 9. The molecule has 1 aromatic carbocycles. The molecule has 1 aromatic heterocycles. The second kappa shape index (κ2) is 12.5. The molecule has 0 spiro atoms. The van der Waals surface area contributed by atoms with Crippen molar-refractivity contribution in [1.82, 2.24) is 24.7 Å². The van der Waals surface area contributed by atoms with Crippen LogP contribution in [0.25, 0.3) is 0 Å². The number of methoxy groups -OCH3 is 1. The summed E-state index contributed by atoms with van der Waals surface area (Å²) in [7, 11) is 1.67. The van der Waals surface area contributed by atoms with E-state index >= 15 is 0 Å². The summed E-state index contributed by atoms with van der Waals surface area (Å²) in [6, 6.07) is 7.94. The molecule has 2 aliphatic heterocycles. The molecule has 0 bridgehead atoms. The summed E-state index contributed by atoms with van der Waals surface area (Å²) in [5, 5.41) is 0. The van der Waals surface area contributed by atoms with Crippen LogP contribution >= 0.6 is 0 Å². The maximum Gasteiger partial charge on any atom is 0.274 e. The number of aromatic nitrogens is 2. The standard InChI is InChI=1S/C25H34N6O4/c1-34-23-5-3-2-4-22(23)29-12-14-30(15-13-29)24(32)6-9-31(11-10-28-16-18-35-19-17-28)25(33)21-20-26-7-8-27-21/h2-5,7-8,20H,6,9-19H2,1H3. The highest BCUT2D eigenvalue weighted by atomic mass is 16.5. The molecule has 2 fully saturated rings. The number of amides is 2. The predicted molar refractivity (Wildman–Crippen MR) is 132 cm³/mol. The zero-order chi connectivity index (χ0) is 24.5. The van der Waals surface area contributed by atoms with Crippen LogP contribution in [0.1, 0.15) is 16.9 Å². The van der Waals surface area contributed by atoms with Crippen molar-refractivity contribution in [2.45, 2.75) is 6.42 Å². The highest BCUT2D eigenvalue weighted by molar-refractivity contribution is 5.92. The topological polar surface area (TPSA) is 91.3 Å². The number of morpholine rings is 1. The first-order valence-corrected chi connectivity index (χ1v) is 12.2. The number of anilines is 1. The maximum absolute atomic E-state index is 13.1. The van der Waals surface area contributed by atoms with Gasteiger partial charge in [-0.1, -0.05) is 12.1 Å². The first kappa shape index (κ1) is 24.9. The summed E-state index contributed by atoms with van der Waals surface area (Å²) in [6.07, 6.45) is 4.82. The van der Waals surface area contributed by atoms with Gasteiger partial charge in [0.05, 0.1) is 32.2 Å². The zero-order valence-corrected chi connectivity index (χ0v) is 20.3. The fraction of sp³-hybridized carbons (Fsp3) is 0.520. The Kier molecular flexibility index (Phi) is 8.85. The molecule has 10 nitrogen and oxygen atoms in total. The highest BCUT2D eigenvalue weighted by Gasteiger charge is 2.25. The van der Waals surface area contributed by atoms with Crippen LogP contribution in [0.15, 0.2) is 42.9 Å². The maximum atomic E-state index is 13.1. The molecule has 0 radical (unpaired) electrons. The second-order valence-electron chi connectivity index (χ2n) is 8.63. The van der Waals surface area contributed by atoms with Gasteiger partial charge in [0.15, 0.2) is 0 Å². The summed E-state index contributed by atoms with van der Waals surface area (Å²) in [5.41, 5.74) is 1.35. The normalized spacial score (nSPS) is 16.7. The molecule has 3 heterocycles. The molecule has 188 valence electrons. The number of nitrogens with zero attached hydrogens (tertiary/aromatic N) is 6. The van der Waals surface area contributed by atoms with E-state index < -0.39 is 0 Å². The lowest BCUT2D eigenvalue weighted by Gasteiger charge is -2.37. The SMILES string of the molecule is COc1ccccc1N1CCN(C(=O)CCN(CCN2CCOCC2)C(=O)c2cnccn2)CC1. The van der Waals surface area contributed by atoms with Crippen LogP contribution in [0.3, 0.4) is 0 Å². The third kappa shape index (κ3) is 6.67. The van der Waals surface area contributed by atoms with Crippen LogP contribution in [-0.4, -0.2) is 116 Å². The van der Waals surface area contributed by atoms with Crippen molar-refractivity contribution in [2.24, 2.45) is 0 Å². The van der Waals surface area contributed by atoms with Gasteiger partial charge >= 0.3 is 0 Å². The lowest BCUT2D eigenvalue weighted by atomic mass is 10.2. The second-order valence-corrected chi connectivity index (χ2v) is 8.63. The van der Waals surface area contributed by atoms with Gasteiger partial charge in [-0.05, 0) is 12.1 Å². The molecule has 2 saturated heterocycles. The molecule has 2 amide bonds. The Morgan fingerprint density at radius 3 is 2.51 bits per heavy atom. The van der Waals surface area contributed by atoms with E-state index in [4.69, 9.17) is 9.47 Å². The van der Waals surface area contributed by atoms with Gasteiger partial charge in [0, 0.05) is 77.7 Å². The molecule has 35 heavy (non-hydrogen) atoms. The Hall–Kier alpha value is -3.24. The van der Waals surface area contributed by atoms with Gasteiger partial charge in [-0.3, -0.25) is 19.5 Å². The molecule has 2 aromatic rings. The lowest BCUT2D eigenvalue weighted by molar-refractivity contribution is -0.131. The summed E-state index contributed by atoms with van der Waals surface area (Å²) < 4.78 is 10.9. The van der Waals surface area contributed by atoms with Crippen LogP contribution < -0.4 is 9.64 Å². The van der Waals surface area contributed by atoms with E-state index in [0.29, 0.717) is 45.1 Å². The number of carbonyl (C=O) groups is 2. The molecule has 0 N–H and O–H groups in total. The fourth-order valence-electron chi connectivity index (χ4n) is 4.45. The number of benzene rings is 1. The Morgan fingerprint density at radius 1 is 1.03 bits per heavy atom. The Morgan fingerprint density at radius 2 is 1.80 bits per heavy atom. The summed E-state index contributed by atoms with van der Waals surface area (Å²) in [6.45, 7) is 7.50. The van der Waals surface area contributed by atoms with E-state index in [1.165, 1.54) is 12.4 Å². The van der Waals surface area contributed by atoms with E-state index in [1.54, 1.807) is 18.2 Å². The van der Waals surface area contributed by atoms with Crippen molar-refractivity contribution in [2.75, 3.05) is 84.1 Å². The molecule has 2 aliphatic rings. The molecule has 4 rings (SSSR count). The van der Waals surface area contributed by atoms with Crippen molar-refractivity contribution >= 4 is 17.5 Å². The summed E-state index contributed by atoms with van der Waals surface area (Å²) in [4.78, 5) is 42.5. The molecule has 10 heteroatoms. The van der Waals surface area contributed by atoms with Gasteiger partial charge < -0.3 is 24.2 Å². The van der Waals surface area contributed by atoms with Crippen molar-refractivity contribution in [1.29, 1.82) is 0 Å². The Bertz CT molecular complexity index is 961. The molecule has 0 aliphatic carbocycles. The zero-order valence-electron chi connectivity index (χ0n) is 20.3. The lowest BCUT2D eigenvalue weighted by Crippen LogP contribution is -2.50. The molecular formula is C25H34N6O4. The smallest absolute Gasteiger partial charge is 0.274 e. The van der Waals surface area contributed by atoms with E-state index in [9.17, 15) is 9.59 Å². The molecular weight excluding hydrogens is 448 g/mol. The van der Waals surface area contributed by atoms with E-state index in [2.05, 4.69) is 19.8 Å². The van der Waals surface area contributed by atoms with Crippen LogP contribution in [0.4, 0.5) is 5.69 Å². The third-order valence-corrected chi connectivity index (χ3v) is 6.51. The summed E-state index contributed by atoms with van der Waals surface area (Å²) in [5.74, 6) is 0.707. The van der Waals surface area contributed by atoms with Crippen molar-refractivity contribution in [3.63, 3.8) is 0 Å². The highest BCUT2D eigenvalue weighted by Crippen LogP contribution is 2.28. The Labute approximate surface area is 206 Å². The minimum absolute atomic E-state index is 0.0630. The van der Waals surface area contributed by atoms with Crippen LogP contribution in [0.5, 0.6) is 5.75 Å². The van der Waals surface area contributed by atoms with Crippen LogP contribution in [0, 0.1) is 0 Å². The van der Waals surface area contributed by atoms with Gasteiger partial charge in [0.2, 0.25) is 5.91 Å².